The first-order chi connectivity index (χ1) is 9.46. The molecule has 0 spiro atoms. The average molecular weight is 298 g/mol. The summed E-state index contributed by atoms with van der Waals surface area (Å²) in [6.07, 6.45) is 4.80. The third kappa shape index (κ3) is 3.05. The lowest BCUT2D eigenvalue weighted by atomic mass is 9.79. The lowest BCUT2D eigenvalue weighted by molar-refractivity contribution is 0.260. The van der Waals surface area contributed by atoms with Gasteiger partial charge in [0.05, 0.1) is 10.1 Å². The molecule has 0 aliphatic heterocycles. The smallest absolute Gasteiger partial charge is 0.181 e. The van der Waals surface area contributed by atoms with E-state index in [0.29, 0.717) is 5.92 Å². The maximum Gasteiger partial charge on any atom is 0.181 e. The van der Waals surface area contributed by atoms with Crippen LogP contribution in [-0.4, -0.2) is 13.7 Å². The number of benzene rings is 1. The molecule has 1 aliphatic rings. The van der Waals surface area contributed by atoms with Crippen LogP contribution in [0.4, 0.5) is 4.39 Å². The van der Waals surface area contributed by atoms with Crippen molar-refractivity contribution in [3.63, 3.8) is 0 Å². The summed E-state index contributed by atoms with van der Waals surface area (Å²) in [6.45, 7) is 4.25. The van der Waals surface area contributed by atoms with Crippen molar-refractivity contribution in [3.8, 4) is 0 Å². The van der Waals surface area contributed by atoms with Gasteiger partial charge in [0.25, 0.3) is 0 Å². The highest BCUT2D eigenvalue weighted by atomic mass is 32.2. The van der Waals surface area contributed by atoms with E-state index in [2.05, 4.69) is 13.8 Å². The Bertz CT molecular complexity index is 536. The molecule has 20 heavy (non-hydrogen) atoms. The van der Waals surface area contributed by atoms with E-state index in [-0.39, 0.29) is 16.1 Å². The Morgan fingerprint density at radius 3 is 2.40 bits per heavy atom. The molecule has 3 atom stereocenters. The maximum absolute atomic E-state index is 13.0. The summed E-state index contributed by atoms with van der Waals surface area (Å²) in [5.74, 6) is 0.241. The first kappa shape index (κ1) is 15.5. The zero-order chi connectivity index (χ0) is 14.8. The van der Waals surface area contributed by atoms with Crippen LogP contribution in [0.5, 0.6) is 0 Å². The molecule has 4 heteroatoms. The van der Waals surface area contributed by atoms with Crippen LogP contribution >= 0.6 is 0 Å². The number of sulfone groups is 1. The van der Waals surface area contributed by atoms with Crippen LogP contribution in [0.2, 0.25) is 0 Å². The van der Waals surface area contributed by atoms with E-state index in [0.717, 1.165) is 32.1 Å². The quantitative estimate of drug-likeness (QED) is 0.781. The first-order valence-corrected chi connectivity index (χ1v) is 9.01. The summed E-state index contributed by atoms with van der Waals surface area (Å²) < 4.78 is 38.6. The SMILES string of the molecule is CCC(C)C1CCCCC1S(=O)(=O)c1ccc(F)cc1. The van der Waals surface area contributed by atoms with Crippen LogP contribution in [0.1, 0.15) is 46.0 Å². The van der Waals surface area contributed by atoms with E-state index in [9.17, 15) is 12.8 Å². The molecular formula is C16H23FO2S. The largest absolute Gasteiger partial charge is 0.223 e. The predicted octanol–water partition coefficient (Wildman–Crippen LogP) is 4.20. The highest BCUT2D eigenvalue weighted by molar-refractivity contribution is 7.92. The molecule has 1 aromatic carbocycles. The number of rotatable bonds is 4. The summed E-state index contributed by atoms with van der Waals surface area (Å²) in [7, 11) is -3.35. The molecular weight excluding hydrogens is 275 g/mol. The Hall–Kier alpha value is -0.900. The van der Waals surface area contributed by atoms with Crippen molar-refractivity contribution in [2.45, 2.75) is 56.1 Å². The molecule has 0 aromatic heterocycles. The van der Waals surface area contributed by atoms with Gasteiger partial charge in [-0.2, -0.15) is 0 Å². The minimum Gasteiger partial charge on any atom is -0.223 e. The molecule has 0 saturated heterocycles. The summed E-state index contributed by atoms with van der Waals surface area (Å²) in [6, 6.07) is 5.25. The monoisotopic (exact) mass is 298 g/mol. The Balaban J connectivity index is 2.33. The Labute approximate surface area is 121 Å². The van der Waals surface area contributed by atoms with Crippen molar-refractivity contribution < 1.29 is 12.8 Å². The number of hydrogen-bond donors (Lipinski definition) is 0. The summed E-state index contributed by atoms with van der Waals surface area (Å²) in [4.78, 5) is 0.263. The zero-order valence-electron chi connectivity index (χ0n) is 12.2. The van der Waals surface area contributed by atoms with Crippen LogP contribution < -0.4 is 0 Å². The van der Waals surface area contributed by atoms with Crippen LogP contribution in [0.3, 0.4) is 0 Å². The molecule has 1 fully saturated rings. The highest BCUT2D eigenvalue weighted by Crippen LogP contribution is 2.38. The van der Waals surface area contributed by atoms with E-state index in [4.69, 9.17) is 0 Å². The van der Waals surface area contributed by atoms with E-state index in [1.165, 1.54) is 24.3 Å². The molecule has 3 unspecified atom stereocenters. The van der Waals surface area contributed by atoms with Crippen molar-refractivity contribution in [1.29, 1.82) is 0 Å². The minimum absolute atomic E-state index is 0.226. The van der Waals surface area contributed by atoms with Crippen molar-refractivity contribution in [1.82, 2.24) is 0 Å². The fraction of sp³-hybridized carbons (Fsp3) is 0.625. The molecule has 1 aromatic rings. The number of hydrogen-bond acceptors (Lipinski definition) is 2. The van der Waals surface area contributed by atoms with E-state index in [1.807, 2.05) is 0 Å². The van der Waals surface area contributed by atoms with Gasteiger partial charge in [-0.15, -0.1) is 0 Å². The van der Waals surface area contributed by atoms with Crippen molar-refractivity contribution >= 4 is 9.84 Å². The highest BCUT2D eigenvalue weighted by Gasteiger charge is 2.38. The van der Waals surface area contributed by atoms with Crippen LogP contribution in [0.25, 0.3) is 0 Å². The van der Waals surface area contributed by atoms with Gasteiger partial charge in [0.2, 0.25) is 0 Å². The van der Waals surface area contributed by atoms with E-state index < -0.39 is 15.7 Å². The second kappa shape index (κ2) is 6.25. The fourth-order valence-corrected chi connectivity index (χ4v) is 5.47. The molecule has 0 N–H and O–H groups in total. The predicted molar refractivity (Wildman–Crippen MR) is 78.8 cm³/mol. The molecule has 2 rings (SSSR count). The molecule has 112 valence electrons. The molecule has 0 heterocycles. The lowest BCUT2D eigenvalue weighted by Gasteiger charge is -2.35. The van der Waals surface area contributed by atoms with Crippen LogP contribution in [0, 0.1) is 17.7 Å². The van der Waals surface area contributed by atoms with Crippen molar-refractivity contribution in [3.05, 3.63) is 30.1 Å². The van der Waals surface area contributed by atoms with Gasteiger partial charge in [-0.1, -0.05) is 33.1 Å². The first-order valence-electron chi connectivity index (χ1n) is 7.46. The number of halogens is 1. The maximum atomic E-state index is 13.0. The zero-order valence-corrected chi connectivity index (χ0v) is 13.0. The topological polar surface area (TPSA) is 34.1 Å². The van der Waals surface area contributed by atoms with Gasteiger partial charge in [-0.3, -0.25) is 0 Å². The van der Waals surface area contributed by atoms with Gasteiger partial charge in [0.15, 0.2) is 9.84 Å². The van der Waals surface area contributed by atoms with Crippen LogP contribution in [0.15, 0.2) is 29.2 Å². The third-order valence-corrected chi connectivity index (χ3v) is 6.98. The standard InChI is InChI=1S/C16H23FO2S/c1-3-12(2)15-6-4-5-7-16(15)20(18,19)14-10-8-13(17)9-11-14/h8-12,15-16H,3-7H2,1-2H3. The summed E-state index contributed by atoms with van der Waals surface area (Å²) >= 11 is 0. The average Bonchev–Trinajstić information content (AvgIpc) is 2.47. The molecule has 0 bridgehead atoms. The second-order valence-corrected chi connectivity index (χ2v) is 8.04. The minimum atomic E-state index is -3.35. The van der Waals surface area contributed by atoms with Gasteiger partial charge in [-0.05, 0) is 48.9 Å². The molecule has 1 saturated carbocycles. The Kier molecular flexibility index (Phi) is 4.84. The normalized spacial score (nSPS) is 25.4. The lowest BCUT2D eigenvalue weighted by Crippen LogP contribution is -2.36. The third-order valence-electron chi connectivity index (χ3n) is 4.67. The Morgan fingerprint density at radius 1 is 1.20 bits per heavy atom. The van der Waals surface area contributed by atoms with Gasteiger partial charge in [0.1, 0.15) is 5.82 Å². The van der Waals surface area contributed by atoms with E-state index >= 15 is 0 Å². The molecule has 0 radical (unpaired) electrons. The van der Waals surface area contributed by atoms with Gasteiger partial charge in [0, 0.05) is 0 Å². The molecule has 1 aliphatic carbocycles. The van der Waals surface area contributed by atoms with Crippen molar-refractivity contribution in [2.75, 3.05) is 0 Å². The van der Waals surface area contributed by atoms with Crippen molar-refractivity contribution in [2.24, 2.45) is 11.8 Å². The summed E-state index contributed by atoms with van der Waals surface area (Å²) in [5.41, 5.74) is 0. The summed E-state index contributed by atoms with van der Waals surface area (Å²) in [5, 5.41) is -0.309. The molecule has 0 amide bonds. The van der Waals surface area contributed by atoms with Gasteiger partial charge in [-0.25, -0.2) is 12.8 Å². The van der Waals surface area contributed by atoms with Crippen LogP contribution in [-0.2, 0) is 9.84 Å². The van der Waals surface area contributed by atoms with Gasteiger partial charge < -0.3 is 0 Å². The van der Waals surface area contributed by atoms with Gasteiger partial charge >= 0.3 is 0 Å². The second-order valence-electron chi connectivity index (χ2n) is 5.87. The Morgan fingerprint density at radius 2 is 1.80 bits per heavy atom. The van der Waals surface area contributed by atoms with E-state index in [1.54, 1.807) is 0 Å². The molecule has 2 nitrogen and oxygen atoms in total. The fourth-order valence-electron chi connectivity index (χ4n) is 3.26.